The second kappa shape index (κ2) is 5.02. The first-order chi connectivity index (χ1) is 8.55. The van der Waals surface area contributed by atoms with E-state index >= 15 is 0 Å². The van der Waals surface area contributed by atoms with Crippen molar-refractivity contribution in [3.05, 3.63) is 23.3 Å². The molecule has 19 heavy (non-hydrogen) atoms. The molecule has 0 bridgehead atoms. The zero-order valence-corrected chi connectivity index (χ0v) is 10.5. The number of hydrogen-bond acceptors (Lipinski definition) is 6. The summed E-state index contributed by atoms with van der Waals surface area (Å²) in [5, 5.41) is 16.9. The number of rotatable bonds is 4. The number of carbonyl (C=O) groups is 2. The Hall–Kier alpha value is -1.87. The van der Waals surface area contributed by atoms with Crippen LogP contribution in [0.3, 0.4) is 0 Å². The smallest absolute Gasteiger partial charge is 0.348 e. The minimum Gasteiger partial charge on any atom is -0.591 e. The van der Waals surface area contributed by atoms with Gasteiger partial charge in [-0.2, -0.15) is 8.42 Å². The van der Waals surface area contributed by atoms with E-state index in [4.69, 9.17) is 14.8 Å². The van der Waals surface area contributed by atoms with E-state index < -0.39 is 51.4 Å². The van der Waals surface area contributed by atoms with Crippen LogP contribution >= 0.6 is 8.03 Å². The third-order valence-corrected chi connectivity index (χ3v) is 3.64. The summed E-state index contributed by atoms with van der Waals surface area (Å²) in [6, 6.07) is 0.896. The molecule has 0 aliphatic heterocycles. The Kier molecular flexibility index (Phi) is 4.01. The second-order valence-electron chi connectivity index (χ2n) is 3.21. The highest BCUT2D eigenvalue weighted by molar-refractivity contribution is 7.86. The molecule has 1 rings (SSSR count). The van der Waals surface area contributed by atoms with Crippen molar-refractivity contribution in [3.8, 4) is 0 Å². The van der Waals surface area contributed by atoms with Gasteiger partial charge in [-0.3, -0.25) is 4.55 Å². The third-order valence-electron chi connectivity index (χ3n) is 2.00. The van der Waals surface area contributed by atoms with Gasteiger partial charge in [0.2, 0.25) is 0 Å². The lowest BCUT2D eigenvalue weighted by molar-refractivity contribution is -0.160. The number of carboxylic acids is 2. The standard InChI is InChI=1S/C8H5O9PS/c9-7(10)4-1-3(18(13)14)2-5(8(11)12)6(4)19(15,16)17/h1-2H,(H,9,10)(H,11,12)(H,15,16,17). The largest absolute Gasteiger partial charge is 0.591 e. The van der Waals surface area contributed by atoms with Crippen molar-refractivity contribution in [3.63, 3.8) is 0 Å². The van der Waals surface area contributed by atoms with Crippen LogP contribution in [0.2, 0.25) is 0 Å². The molecule has 1 aromatic rings. The van der Waals surface area contributed by atoms with Crippen molar-refractivity contribution in [1.29, 1.82) is 0 Å². The lowest BCUT2D eigenvalue weighted by atomic mass is 10.1. The van der Waals surface area contributed by atoms with Crippen LogP contribution in [-0.4, -0.2) is 35.1 Å². The monoisotopic (exact) mass is 308 g/mol. The first-order valence-electron chi connectivity index (χ1n) is 4.32. The fourth-order valence-electron chi connectivity index (χ4n) is 1.31. The molecule has 0 aromatic heterocycles. The SMILES string of the molecule is O=C(O)c1cc([P+](=O)[O-])cc(C(=O)O)c1S(=O)(=O)O. The molecule has 0 heterocycles. The average molecular weight is 308 g/mol. The Labute approximate surface area is 106 Å². The van der Waals surface area contributed by atoms with E-state index in [9.17, 15) is 27.5 Å². The second-order valence-corrected chi connectivity index (χ2v) is 5.60. The number of hydrogen-bond donors (Lipinski definition) is 3. The fraction of sp³-hybridized carbons (Fsp3) is 0. The molecule has 0 spiro atoms. The van der Waals surface area contributed by atoms with E-state index in [-0.39, 0.29) is 0 Å². The fourth-order valence-corrected chi connectivity index (χ4v) is 2.63. The third kappa shape index (κ3) is 3.12. The van der Waals surface area contributed by atoms with Gasteiger partial charge in [0.15, 0.2) is 5.30 Å². The van der Waals surface area contributed by atoms with E-state index in [0.29, 0.717) is 12.1 Å². The van der Waals surface area contributed by atoms with Gasteiger partial charge in [-0.05, 0) is 0 Å². The lowest BCUT2D eigenvalue weighted by Gasteiger charge is -2.07. The molecule has 0 aliphatic carbocycles. The van der Waals surface area contributed by atoms with Gasteiger partial charge in [-0.15, -0.1) is 0 Å². The summed E-state index contributed by atoms with van der Waals surface area (Å²) in [6.07, 6.45) is 0. The van der Waals surface area contributed by atoms with E-state index in [1.54, 1.807) is 0 Å². The maximum absolute atomic E-state index is 11.0. The Morgan fingerprint density at radius 3 is 1.68 bits per heavy atom. The summed E-state index contributed by atoms with van der Waals surface area (Å²) in [7, 11) is -8.48. The zero-order chi connectivity index (χ0) is 15.0. The normalized spacial score (nSPS) is 12.0. The first kappa shape index (κ1) is 15.2. The van der Waals surface area contributed by atoms with Gasteiger partial charge in [-0.1, -0.05) is 4.57 Å². The predicted molar refractivity (Wildman–Crippen MR) is 57.4 cm³/mol. The van der Waals surface area contributed by atoms with Gasteiger partial charge >= 0.3 is 20.0 Å². The summed E-state index contributed by atoms with van der Waals surface area (Å²) in [6.45, 7) is 0. The molecule has 1 aromatic carbocycles. The van der Waals surface area contributed by atoms with Crippen LogP contribution in [0.5, 0.6) is 0 Å². The number of benzene rings is 1. The highest BCUT2D eigenvalue weighted by Crippen LogP contribution is 2.23. The summed E-state index contributed by atoms with van der Waals surface area (Å²) < 4.78 is 41.7. The van der Waals surface area contributed by atoms with E-state index in [2.05, 4.69) is 0 Å². The molecule has 3 N–H and O–H groups in total. The van der Waals surface area contributed by atoms with Crippen molar-refractivity contribution < 1.29 is 42.2 Å². The zero-order valence-electron chi connectivity index (χ0n) is 8.80. The summed E-state index contributed by atoms with van der Waals surface area (Å²) in [5.74, 6) is -3.79. The highest BCUT2D eigenvalue weighted by Gasteiger charge is 2.31. The van der Waals surface area contributed by atoms with Crippen LogP contribution in [0, 0.1) is 0 Å². The van der Waals surface area contributed by atoms with Crippen LogP contribution in [0.25, 0.3) is 0 Å². The van der Waals surface area contributed by atoms with Crippen molar-refractivity contribution in [1.82, 2.24) is 0 Å². The molecule has 1 atom stereocenters. The molecule has 0 radical (unpaired) electrons. The molecule has 0 amide bonds. The first-order valence-corrected chi connectivity index (χ1v) is 6.94. The van der Waals surface area contributed by atoms with Crippen LogP contribution < -0.4 is 10.2 Å². The minimum atomic E-state index is -5.16. The van der Waals surface area contributed by atoms with Crippen molar-refractivity contribution in [2.75, 3.05) is 0 Å². The van der Waals surface area contributed by atoms with Gasteiger partial charge in [0.1, 0.15) is 4.90 Å². The van der Waals surface area contributed by atoms with Crippen LogP contribution in [0.4, 0.5) is 0 Å². The molecule has 102 valence electrons. The van der Waals surface area contributed by atoms with E-state index in [0.717, 1.165) is 0 Å². The van der Waals surface area contributed by atoms with Gasteiger partial charge in [-0.25, -0.2) is 9.59 Å². The lowest BCUT2D eigenvalue weighted by Crippen LogP contribution is -2.19. The van der Waals surface area contributed by atoms with Crippen molar-refractivity contribution in [2.45, 2.75) is 4.90 Å². The predicted octanol–water partition coefficient (Wildman–Crippen LogP) is -0.942. The Balaban J connectivity index is 3.93. The Bertz CT molecular complexity index is 655. The van der Waals surface area contributed by atoms with Gasteiger partial charge < -0.3 is 15.1 Å². The molecule has 0 aliphatic rings. The molecular weight excluding hydrogens is 303 g/mol. The van der Waals surface area contributed by atoms with Gasteiger partial charge in [0.25, 0.3) is 10.1 Å². The number of carboxylic acid groups (broad SMARTS) is 2. The van der Waals surface area contributed by atoms with E-state index in [1.165, 1.54) is 0 Å². The maximum atomic E-state index is 11.0. The maximum Gasteiger partial charge on any atom is 0.348 e. The number of aromatic carboxylic acids is 2. The Morgan fingerprint density at radius 1 is 1.11 bits per heavy atom. The summed E-state index contributed by atoms with van der Waals surface area (Å²) in [5.41, 5.74) is -2.28. The van der Waals surface area contributed by atoms with Gasteiger partial charge in [0, 0.05) is 12.1 Å². The van der Waals surface area contributed by atoms with Crippen molar-refractivity contribution >= 4 is 35.4 Å². The minimum absolute atomic E-state index is 0.448. The van der Waals surface area contributed by atoms with Crippen LogP contribution in [0.1, 0.15) is 20.7 Å². The molecule has 9 nitrogen and oxygen atoms in total. The summed E-state index contributed by atoms with van der Waals surface area (Å²) >= 11 is 0. The summed E-state index contributed by atoms with van der Waals surface area (Å²) in [4.78, 5) is 31.1. The molecule has 0 saturated heterocycles. The molecule has 11 heteroatoms. The average Bonchev–Trinajstić information content (AvgIpc) is 2.25. The topological polar surface area (TPSA) is 169 Å². The van der Waals surface area contributed by atoms with Gasteiger partial charge in [0.05, 0.1) is 11.1 Å². The Morgan fingerprint density at radius 2 is 1.47 bits per heavy atom. The van der Waals surface area contributed by atoms with Crippen molar-refractivity contribution in [2.24, 2.45) is 0 Å². The van der Waals surface area contributed by atoms with Crippen LogP contribution in [0.15, 0.2) is 17.0 Å². The quantitative estimate of drug-likeness (QED) is 0.469. The highest BCUT2D eigenvalue weighted by atomic mass is 32.2. The molecule has 0 fully saturated rings. The van der Waals surface area contributed by atoms with E-state index in [1.807, 2.05) is 0 Å². The van der Waals surface area contributed by atoms with Crippen LogP contribution in [-0.2, 0) is 14.7 Å². The molecular formula is C8H5O9PS. The molecule has 1 unspecified atom stereocenters. The molecule has 0 saturated carbocycles.